The molecule has 1 saturated heterocycles. The molecule has 0 spiro atoms. The van der Waals surface area contributed by atoms with Crippen LogP contribution < -0.4 is 5.73 Å². The van der Waals surface area contributed by atoms with Crippen LogP contribution in [0.3, 0.4) is 0 Å². The van der Waals surface area contributed by atoms with Gasteiger partial charge in [0.25, 0.3) is 0 Å². The first-order valence-electron chi connectivity index (χ1n) is 6.03. The minimum Gasteiger partial charge on any atom is -0.409 e. The Morgan fingerprint density at radius 2 is 2.35 bits per heavy atom. The summed E-state index contributed by atoms with van der Waals surface area (Å²) >= 11 is 0. The predicted octanol–water partition coefficient (Wildman–Crippen LogP) is 0.150. The van der Waals surface area contributed by atoms with E-state index in [9.17, 15) is 4.79 Å². The van der Waals surface area contributed by atoms with E-state index in [-0.39, 0.29) is 17.8 Å². The van der Waals surface area contributed by atoms with Gasteiger partial charge in [-0.1, -0.05) is 12.1 Å². The van der Waals surface area contributed by atoms with Crippen molar-refractivity contribution in [3.63, 3.8) is 0 Å². The van der Waals surface area contributed by atoms with E-state index in [1.54, 1.807) is 4.90 Å². The molecule has 6 heteroatoms. The topological polar surface area (TPSA) is 88.2 Å². The number of morpholine rings is 1. The van der Waals surface area contributed by atoms with Crippen LogP contribution in [0.15, 0.2) is 5.16 Å². The molecule has 1 aliphatic heterocycles. The highest BCUT2D eigenvalue weighted by molar-refractivity contribution is 6.09. The molecule has 1 heterocycles. The van der Waals surface area contributed by atoms with Crippen molar-refractivity contribution in [2.24, 2.45) is 16.3 Å². The molecule has 6 nitrogen and oxygen atoms in total. The highest BCUT2D eigenvalue weighted by Gasteiger charge is 2.56. The zero-order valence-corrected chi connectivity index (χ0v) is 10.1. The fourth-order valence-corrected chi connectivity index (χ4v) is 2.25. The molecule has 1 atom stereocenters. The zero-order valence-electron chi connectivity index (χ0n) is 10.1. The summed E-state index contributed by atoms with van der Waals surface area (Å²) in [5, 5.41) is 11.7. The summed E-state index contributed by atoms with van der Waals surface area (Å²) < 4.78 is 5.52. The van der Waals surface area contributed by atoms with Crippen molar-refractivity contribution in [3.8, 4) is 0 Å². The van der Waals surface area contributed by atoms with E-state index in [0.717, 1.165) is 6.42 Å². The lowest BCUT2D eigenvalue weighted by molar-refractivity contribution is -0.142. The van der Waals surface area contributed by atoms with Crippen LogP contribution in [0.2, 0.25) is 0 Å². The molecule has 17 heavy (non-hydrogen) atoms. The number of amidine groups is 1. The summed E-state index contributed by atoms with van der Waals surface area (Å²) in [6, 6.07) is 0. The Kier molecular flexibility index (Phi) is 3.24. The fourth-order valence-electron chi connectivity index (χ4n) is 2.25. The van der Waals surface area contributed by atoms with Crippen LogP contribution in [-0.4, -0.2) is 47.7 Å². The molecule has 1 amide bonds. The number of carbonyl (C=O) groups is 1. The van der Waals surface area contributed by atoms with Gasteiger partial charge in [0.1, 0.15) is 5.41 Å². The number of ether oxygens (including phenoxy) is 1. The average Bonchev–Trinajstić information content (AvgIpc) is 3.18. The first-order chi connectivity index (χ1) is 8.14. The second-order valence-electron chi connectivity index (χ2n) is 4.72. The van der Waals surface area contributed by atoms with Gasteiger partial charge < -0.3 is 20.6 Å². The van der Waals surface area contributed by atoms with Crippen molar-refractivity contribution in [3.05, 3.63) is 0 Å². The van der Waals surface area contributed by atoms with Crippen molar-refractivity contribution >= 4 is 11.7 Å². The van der Waals surface area contributed by atoms with E-state index < -0.39 is 5.41 Å². The van der Waals surface area contributed by atoms with Gasteiger partial charge in [-0.3, -0.25) is 4.79 Å². The van der Waals surface area contributed by atoms with Crippen molar-refractivity contribution in [1.82, 2.24) is 4.90 Å². The highest BCUT2D eigenvalue weighted by atomic mass is 16.5. The predicted molar refractivity (Wildman–Crippen MR) is 61.7 cm³/mol. The Labute approximate surface area is 100 Å². The Hall–Kier alpha value is -1.30. The van der Waals surface area contributed by atoms with Gasteiger partial charge in [-0.25, -0.2) is 0 Å². The molecule has 0 aromatic carbocycles. The number of nitrogens with two attached hydrogens (primary N) is 1. The lowest BCUT2D eigenvalue weighted by atomic mass is 10.0. The van der Waals surface area contributed by atoms with Crippen molar-refractivity contribution in [1.29, 1.82) is 0 Å². The first-order valence-corrected chi connectivity index (χ1v) is 6.03. The van der Waals surface area contributed by atoms with E-state index in [1.807, 2.05) is 6.92 Å². The molecule has 2 fully saturated rings. The fraction of sp³-hybridized carbons (Fsp3) is 0.818. The number of rotatable bonds is 3. The third kappa shape index (κ3) is 2.09. The maximum Gasteiger partial charge on any atom is 0.236 e. The summed E-state index contributed by atoms with van der Waals surface area (Å²) in [6.45, 7) is 3.80. The standard InChI is InChI=1S/C11H19N3O3/c1-2-8-7-14(5-6-17-8)10(15)11(3-4-11)9(12)13-16/h8,16H,2-7H2,1H3,(H2,12,13). The number of oxime groups is 1. The Balaban J connectivity index is 2.05. The highest BCUT2D eigenvalue weighted by Crippen LogP contribution is 2.47. The molecule has 1 unspecified atom stereocenters. The van der Waals surface area contributed by atoms with Crippen LogP contribution in [0.4, 0.5) is 0 Å². The van der Waals surface area contributed by atoms with Crippen LogP contribution in [0.1, 0.15) is 26.2 Å². The van der Waals surface area contributed by atoms with Gasteiger partial charge >= 0.3 is 0 Å². The molecule has 3 N–H and O–H groups in total. The average molecular weight is 241 g/mol. The van der Waals surface area contributed by atoms with Crippen LogP contribution in [0, 0.1) is 5.41 Å². The Morgan fingerprint density at radius 1 is 1.65 bits per heavy atom. The number of nitrogens with zero attached hydrogens (tertiary/aromatic N) is 2. The first kappa shape index (κ1) is 12.2. The minimum absolute atomic E-state index is 0.0189. The largest absolute Gasteiger partial charge is 0.409 e. The molecule has 0 bridgehead atoms. The van der Waals surface area contributed by atoms with Crippen molar-refractivity contribution < 1.29 is 14.7 Å². The summed E-state index contributed by atoms with van der Waals surface area (Å²) in [5.74, 6) is 0.0246. The van der Waals surface area contributed by atoms with Crippen LogP contribution in [0.5, 0.6) is 0 Å². The van der Waals surface area contributed by atoms with Gasteiger partial charge in [0, 0.05) is 13.1 Å². The monoisotopic (exact) mass is 241 g/mol. The third-order valence-corrected chi connectivity index (χ3v) is 3.64. The third-order valence-electron chi connectivity index (χ3n) is 3.64. The SMILES string of the molecule is CCC1CN(C(=O)C2(C(N)=NO)CC2)CCO1. The maximum atomic E-state index is 12.3. The second-order valence-corrected chi connectivity index (χ2v) is 4.72. The molecule has 0 radical (unpaired) electrons. The lowest BCUT2D eigenvalue weighted by Crippen LogP contribution is -2.50. The molecule has 0 aromatic rings. The second kappa shape index (κ2) is 4.52. The maximum absolute atomic E-state index is 12.3. The van der Waals surface area contributed by atoms with E-state index in [4.69, 9.17) is 15.7 Å². The molecule has 96 valence electrons. The molecular weight excluding hydrogens is 222 g/mol. The summed E-state index contributed by atoms with van der Waals surface area (Å²) in [4.78, 5) is 14.1. The quantitative estimate of drug-likeness (QED) is 0.318. The smallest absolute Gasteiger partial charge is 0.236 e. The zero-order chi connectivity index (χ0) is 12.5. The van der Waals surface area contributed by atoms with E-state index >= 15 is 0 Å². The molecule has 2 rings (SSSR count). The van der Waals surface area contributed by atoms with Gasteiger partial charge in [0.2, 0.25) is 5.91 Å². The van der Waals surface area contributed by atoms with E-state index in [0.29, 0.717) is 32.5 Å². The van der Waals surface area contributed by atoms with Gasteiger partial charge in [-0.2, -0.15) is 0 Å². The van der Waals surface area contributed by atoms with Gasteiger partial charge in [-0.05, 0) is 19.3 Å². The molecule has 1 aliphatic carbocycles. The van der Waals surface area contributed by atoms with Crippen LogP contribution >= 0.6 is 0 Å². The number of hydrogen-bond acceptors (Lipinski definition) is 4. The summed E-state index contributed by atoms with van der Waals surface area (Å²) in [5.41, 5.74) is 4.88. The Bertz CT molecular complexity index is 339. The normalized spacial score (nSPS) is 27.9. The van der Waals surface area contributed by atoms with Gasteiger partial charge in [-0.15, -0.1) is 0 Å². The molecular formula is C11H19N3O3. The summed E-state index contributed by atoms with van der Waals surface area (Å²) in [6.07, 6.45) is 2.35. The van der Waals surface area contributed by atoms with Gasteiger partial charge in [0.15, 0.2) is 5.84 Å². The van der Waals surface area contributed by atoms with Crippen LogP contribution in [-0.2, 0) is 9.53 Å². The van der Waals surface area contributed by atoms with Crippen molar-refractivity contribution in [2.45, 2.75) is 32.3 Å². The lowest BCUT2D eigenvalue weighted by Gasteiger charge is -2.34. The number of amides is 1. The number of hydrogen-bond donors (Lipinski definition) is 2. The molecule has 2 aliphatic rings. The molecule has 1 saturated carbocycles. The molecule has 0 aromatic heterocycles. The van der Waals surface area contributed by atoms with E-state index in [2.05, 4.69) is 5.16 Å². The van der Waals surface area contributed by atoms with E-state index in [1.165, 1.54) is 0 Å². The minimum atomic E-state index is -0.732. The van der Waals surface area contributed by atoms with Crippen LogP contribution in [0.25, 0.3) is 0 Å². The van der Waals surface area contributed by atoms with Crippen molar-refractivity contribution in [2.75, 3.05) is 19.7 Å². The Morgan fingerprint density at radius 3 is 2.88 bits per heavy atom. The number of carbonyl (C=O) groups excluding carboxylic acids is 1. The summed E-state index contributed by atoms with van der Waals surface area (Å²) in [7, 11) is 0. The van der Waals surface area contributed by atoms with Gasteiger partial charge in [0.05, 0.1) is 12.7 Å².